The van der Waals surface area contributed by atoms with Crippen molar-refractivity contribution in [2.45, 2.75) is 44.1 Å². The van der Waals surface area contributed by atoms with Gasteiger partial charge in [-0.05, 0) is 37.1 Å². The summed E-state index contributed by atoms with van der Waals surface area (Å²) in [5, 5.41) is 18.1. The first-order valence-corrected chi connectivity index (χ1v) is 11.5. The smallest absolute Gasteiger partial charge is 0.251 e. The molecule has 1 aliphatic heterocycles. The Kier molecular flexibility index (Phi) is 6.82. The van der Waals surface area contributed by atoms with Crippen LogP contribution in [-0.4, -0.2) is 45.7 Å². The largest absolute Gasteiger partial charge is 0.385 e. The summed E-state index contributed by atoms with van der Waals surface area (Å²) in [6, 6.07) is 27.3. The minimum atomic E-state index is -1.54. The SMILES string of the molecule is CC1(C)NC(C(O)(CNC(=O)c2ccccc2)Cc2ccccc2)C(=O)N1Cc1ccccc1. The average Bonchev–Trinajstić information content (AvgIpc) is 3.08. The van der Waals surface area contributed by atoms with Crippen LogP contribution in [0.3, 0.4) is 0 Å². The lowest BCUT2D eigenvalue weighted by Gasteiger charge is -2.34. The van der Waals surface area contributed by atoms with Gasteiger partial charge in [-0.2, -0.15) is 0 Å². The van der Waals surface area contributed by atoms with Gasteiger partial charge in [-0.15, -0.1) is 0 Å². The minimum absolute atomic E-state index is 0.0751. The summed E-state index contributed by atoms with van der Waals surface area (Å²) in [6.07, 6.45) is 0.210. The van der Waals surface area contributed by atoms with Crippen LogP contribution in [0.25, 0.3) is 0 Å². The fourth-order valence-electron chi connectivity index (χ4n) is 4.47. The molecule has 1 fully saturated rings. The van der Waals surface area contributed by atoms with Crippen LogP contribution in [0.15, 0.2) is 91.0 Å². The molecule has 0 saturated carbocycles. The van der Waals surface area contributed by atoms with Gasteiger partial charge in [0.15, 0.2) is 0 Å². The highest BCUT2D eigenvalue weighted by Crippen LogP contribution is 2.30. The summed E-state index contributed by atoms with van der Waals surface area (Å²) < 4.78 is 0. The molecule has 1 aliphatic rings. The van der Waals surface area contributed by atoms with Crippen LogP contribution < -0.4 is 10.6 Å². The second kappa shape index (κ2) is 9.79. The number of benzene rings is 3. The number of carbonyl (C=O) groups excluding carboxylic acids is 2. The average molecular weight is 458 g/mol. The highest BCUT2D eigenvalue weighted by molar-refractivity contribution is 5.94. The van der Waals surface area contributed by atoms with Gasteiger partial charge in [-0.25, -0.2) is 0 Å². The Morgan fingerprint density at radius 3 is 2.06 bits per heavy atom. The molecule has 2 amide bonds. The molecule has 34 heavy (non-hydrogen) atoms. The molecule has 3 aromatic rings. The number of hydrogen-bond acceptors (Lipinski definition) is 4. The van der Waals surface area contributed by atoms with Gasteiger partial charge in [-0.1, -0.05) is 78.9 Å². The van der Waals surface area contributed by atoms with Gasteiger partial charge in [-0.3, -0.25) is 14.9 Å². The molecule has 6 heteroatoms. The highest BCUT2D eigenvalue weighted by Gasteiger charge is 2.53. The van der Waals surface area contributed by atoms with Crippen molar-refractivity contribution in [3.05, 3.63) is 108 Å². The van der Waals surface area contributed by atoms with Crippen LogP contribution in [0.1, 0.15) is 35.3 Å². The summed E-state index contributed by atoms with van der Waals surface area (Å²) in [5.41, 5.74) is 0.182. The molecule has 0 radical (unpaired) electrons. The first-order chi connectivity index (χ1) is 16.3. The zero-order chi connectivity index (χ0) is 24.2. The van der Waals surface area contributed by atoms with Crippen molar-refractivity contribution in [2.75, 3.05) is 6.54 Å². The molecule has 2 atom stereocenters. The predicted molar refractivity (Wildman–Crippen MR) is 132 cm³/mol. The van der Waals surface area contributed by atoms with Crippen LogP contribution in [0.5, 0.6) is 0 Å². The standard InChI is InChI=1S/C28H31N3O3/c1-27(2)30-24(26(33)31(27)19-22-14-8-4-9-15-22)28(34,18-21-12-6-3-7-13-21)20-29-25(32)23-16-10-5-11-17-23/h3-17,24,30,34H,18-20H2,1-2H3,(H,29,32). The van der Waals surface area contributed by atoms with Crippen molar-refractivity contribution in [3.63, 3.8) is 0 Å². The van der Waals surface area contributed by atoms with E-state index in [-0.39, 0.29) is 24.8 Å². The fraction of sp³-hybridized carbons (Fsp3) is 0.286. The topological polar surface area (TPSA) is 81.7 Å². The number of rotatable bonds is 8. The van der Waals surface area contributed by atoms with E-state index < -0.39 is 17.3 Å². The molecule has 3 N–H and O–H groups in total. The maximum Gasteiger partial charge on any atom is 0.251 e. The van der Waals surface area contributed by atoms with E-state index in [2.05, 4.69) is 10.6 Å². The molecule has 6 nitrogen and oxygen atoms in total. The maximum absolute atomic E-state index is 13.7. The number of nitrogens with one attached hydrogen (secondary N) is 2. The quantitative estimate of drug-likeness (QED) is 0.486. The summed E-state index contributed by atoms with van der Waals surface area (Å²) in [4.78, 5) is 28.2. The number of nitrogens with zero attached hydrogens (tertiary/aromatic N) is 1. The molecule has 0 bridgehead atoms. The van der Waals surface area contributed by atoms with Gasteiger partial charge < -0.3 is 15.3 Å². The molecule has 2 unspecified atom stereocenters. The molecule has 0 aromatic heterocycles. The van der Waals surface area contributed by atoms with Gasteiger partial charge in [0, 0.05) is 25.1 Å². The van der Waals surface area contributed by atoms with E-state index in [9.17, 15) is 14.7 Å². The Labute approximate surface area is 200 Å². The van der Waals surface area contributed by atoms with Crippen LogP contribution >= 0.6 is 0 Å². The lowest BCUT2D eigenvalue weighted by atomic mass is 9.86. The Hall–Kier alpha value is -3.48. The molecular weight excluding hydrogens is 426 g/mol. The molecule has 1 saturated heterocycles. The van der Waals surface area contributed by atoms with Crippen LogP contribution in [0.2, 0.25) is 0 Å². The van der Waals surface area contributed by atoms with Crippen molar-refractivity contribution >= 4 is 11.8 Å². The normalized spacial score (nSPS) is 19.0. The van der Waals surface area contributed by atoms with E-state index in [0.29, 0.717) is 12.1 Å². The summed E-state index contributed by atoms with van der Waals surface area (Å²) in [7, 11) is 0. The van der Waals surface area contributed by atoms with E-state index in [1.165, 1.54) is 0 Å². The van der Waals surface area contributed by atoms with Crippen LogP contribution in [0, 0.1) is 0 Å². The van der Waals surface area contributed by atoms with E-state index in [4.69, 9.17) is 0 Å². The molecule has 3 aromatic carbocycles. The van der Waals surface area contributed by atoms with Crippen LogP contribution in [-0.2, 0) is 17.8 Å². The third kappa shape index (κ3) is 5.19. The number of carbonyl (C=O) groups is 2. The van der Waals surface area contributed by atoms with Gasteiger partial charge in [0.05, 0.1) is 5.66 Å². The van der Waals surface area contributed by atoms with Gasteiger partial charge >= 0.3 is 0 Å². The summed E-state index contributed by atoms with van der Waals surface area (Å²) in [6.45, 7) is 4.21. The lowest BCUT2D eigenvalue weighted by molar-refractivity contribution is -0.136. The Balaban J connectivity index is 1.60. The predicted octanol–water partition coefficient (Wildman–Crippen LogP) is 3.13. The van der Waals surface area contributed by atoms with Crippen molar-refractivity contribution in [1.82, 2.24) is 15.5 Å². The van der Waals surface area contributed by atoms with Gasteiger partial charge in [0.2, 0.25) is 5.91 Å². The van der Waals surface area contributed by atoms with Crippen molar-refractivity contribution in [1.29, 1.82) is 0 Å². The lowest BCUT2D eigenvalue weighted by Crippen LogP contribution is -2.60. The zero-order valence-corrected chi connectivity index (χ0v) is 19.6. The molecule has 1 heterocycles. The number of hydrogen-bond donors (Lipinski definition) is 3. The molecular formula is C28H31N3O3. The molecule has 4 rings (SSSR count). The number of amides is 2. The first kappa shape index (κ1) is 23.7. The Morgan fingerprint density at radius 2 is 1.47 bits per heavy atom. The van der Waals surface area contributed by atoms with E-state index in [0.717, 1.165) is 11.1 Å². The Morgan fingerprint density at radius 1 is 0.941 bits per heavy atom. The third-order valence-corrected chi connectivity index (χ3v) is 6.35. The summed E-state index contributed by atoms with van der Waals surface area (Å²) >= 11 is 0. The van der Waals surface area contributed by atoms with Crippen LogP contribution in [0.4, 0.5) is 0 Å². The second-order valence-corrected chi connectivity index (χ2v) is 9.36. The monoisotopic (exact) mass is 457 g/mol. The van der Waals surface area contributed by atoms with Crippen molar-refractivity contribution < 1.29 is 14.7 Å². The van der Waals surface area contributed by atoms with E-state index in [1.807, 2.05) is 80.6 Å². The highest BCUT2D eigenvalue weighted by atomic mass is 16.3. The Bertz CT molecular complexity index is 1120. The molecule has 0 spiro atoms. The van der Waals surface area contributed by atoms with Crippen molar-refractivity contribution in [3.8, 4) is 0 Å². The summed E-state index contributed by atoms with van der Waals surface area (Å²) in [5.74, 6) is -0.487. The van der Waals surface area contributed by atoms with Gasteiger partial charge in [0.25, 0.3) is 5.91 Å². The fourth-order valence-corrected chi connectivity index (χ4v) is 4.47. The van der Waals surface area contributed by atoms with E-state index in [1.54, 1.807) is 29.2 Å². The first-order valence-electron chi connectivity index (χ1n) is 11.5. The molecule has 0 aliphatic carbocycles. The molecule has 176 valence electrons. The van der Waals surface area contributed by atoms with E-state index >= 15 is 0 Å². The number of aliphatic hydroxyl groups is 1. The zero-order valence-electron chi connectivity index (χ0n) is 19.6. The maximum atomic E-state index is 13.7. The van der Waals surface area contributed by atoms with Gasteiger partial charge in [0.1, 0.15) is 11.6 Å². The van der Waals surface area contributed by atoms with Crippen molar-refractivity contribution in [2.24, 2.45) is 0 Å². The second-order valence-electron chi connectivity index (χ2n) is 9.36. The third-order valence-electron chi connectivity index (χ3n) is 6.35. The minimum Gasteiger partial charge on any atom is -0.385 e.